The van der Waals surface area contributed by atoms with Gasteiger partial charge in [-0.25, -0.2) is 5.21 Å². The highest BCUT2D eigenvalue weighted by molar-refractivity contribution is 5.98. The molecule has 7 nitrogen and oxygen atoms in total. The minimum atomic E-state index is -1.12. The van der Waals surface area contributed by atoms with Crippen LogP contribution in [0.5, 0.6) is 0 Å². The molecule has 0 radical (unpaired) electrons. The monoisotopic (exact) mass is 267 g/mol. The van der Waals surface area contributed by atoms with Crippen LogP contribution in [0.2, 0.25) is 0 Å². The molecule has 1 aromatic rings. The lowest BCUT2D eigenvalue weighted by Gasteiger charge is -2.25. The van der Waals surface area contributed by atoms with Gasteiger partial charge in [-0.05, 0) is 25.5 Å². The van der Waals surface area contributed by atoms with E-state index in [0.29, 0.717) is 6.42 Å². The smallest absolute Gasteiger partial charge is 0.252 e. The van der Waals surface area contributed by atoms with Gasteiger partial charge in [0.25, 0.3) is 5.91 Å². The molecule has 0 spiro atoms. The Balaban J connectivity index is 2.86. The van der Waals surface area contributed by atoms with E-state index in [4.69, 9.17) is 10.9 Å². The molecule has 0 aliphatic rings. The van der Waals surface area contributed by atoms with Crippen LogP contribution in [0.25, 0.3) is 0 Å². The van der Waals surface area contributed by atoms with Crippen LogP contribution >= 0.6 is 0 Å². The first-order chi connectivity index (χ1) is 8.80. The average molecular weight is 267 g/mol. The number of hydrogen-bond donors (Lipinski definition) is 4. The number of amides is 2. The first-order valence-corrected chi connectivity index (χ1v) is 5.76. The predicted molar refractivity (Wildman–Crippen MR) is 67.6 cm³/mol. The topological polar surface area (TPSA) is 120 Å². The molecule has 0 aliphatic heterocycles. The fraction of sp³-hybridized carbons (Fsp3) is 0.333. The van der Waals surface area contributed by atoms with E-state index < -0.39 is 22.6 Å². The molecule has 0 heterocycles. The van der Waals surface area contributed by atoms with Gasteiger partial charge >= 0.3 is 0 Å². The molecule has 1 aromatic carbocycles. The van der Waals surface area contributed by atoms with Crippen LogP contribution in [0, 0.1) is 5.21 Å². The van der Waals surface area contributed by atoms with Crippen molar-refractivity contribution in [2.24, 2.45) is 5.73 Å². The molecule has 0 aromatic heterocycles. The Kier molecular flexibility index (Phi) is 4.60. The van der Waals surface area contributed by atoms with E-state index in [9.17, 15) is 14.8 Å². The van der Waals surface area contributed by atoms with Gasteiger partial charge in [-0.3, -0.25) is 9.59 Å². The van der Waals surface area contributed by atoms with Crippen LogP contribution in [0.3, 0.4) is 0 Å². The molecule has 19 heavy (non-hydrogen) atoms. The summed E-state index contributed by atoms with van der Waals surface area (Å²) in [4.78, 5) is 23.2. The minimum Gasteiger partial charge on any atom is -0.595 e. The molecule has 2 atom stereocenters. The van der Waals surface area contributed by atoms with E-state index in [0.717, 1.165) is 0 Å². The second-order valence-electron chi connectivity index (χ2n) is 4.39. The zero-order valence-electron chi connectivity index (χ0n) is 10.8. The average Bonchev–Trinajstić information content (AvgIpc) is 2.38. The first-order valence-electron chi connectivity index (χ1n) is 5.76. The van der Waals surface area contributed by atoms with Gasteiger partial charge in [0, 0.05) is 17.7 Å². The van der Waals surface area contributed by atoms with Gasteiger partial charge in [0.2, 0.25) is 5.91 Å². The summed E-state index contributed by atoms with van der Waals surface area (Å²) in [6, 6.07) is 5.42. The maximum atomic E-state index is 11.9. The van der Waals surface area contributed by atoms with Crippen LogP contribution < -0.4 is 16.3 Å². The summed E-state index contributed by atoms with van der Waals surface area (Å²) in [6.45, 7) is 3.28. The highest BCUT2D eigenvalue weighted by atomic mass is 16.8. The third-order valence-electron chi connectivity index (χ3n) is 3.03. The van der Waals surface area contributed by atoms with Crippen molar-refractivity contribution in [3.8, 4) is 0 Å². The summed E-state index contributed by atoms with van der Waals surface area (Å²) in [6.07, 6.45) is 0.362. The Hall–Kier alpha value is -1.96. The Bertz CT molecular complexity index is 472. The number of nitrogens with two attached hydrogens (primary N) is 1. The summed E-state index contributed by atoms with van der Waals surface area (Å²) in [5.41, 5.74) is 4.47. The first kappa shape index (κ1) is 15.1. The Morgan fingerprint density at radius 3 is 2.32 bits per heavy atom. The van der Waals surface area contributed by atoms with Crippen LogP contribution in [-0.4, -0.2) is 22.6 Å². The summed E-state index contributed by atoms with van der Waals surface area (Å²) in [5.74, 6) is -1.09. The Labute approximate surface area is 110 Å². The zero-order valence-corrected chi connectivity index (χ0v) is 10.8. The Morgan fingerprint density at radius 1 is 1.42 bits per heavy atom. The summed E-state index contributed by atoms with van der Waals surface area (Å²) >= 11 is 0. The van der Waals surface area contributed by atoms with Gasteiger partial charge in [-0.1, -0.05) is 6.92 Å². The standard InChI is InChI=1S/C12H17N3O4/c1-3-12(2,11(13)17)14-10(16)8-4-6-9(7-5-8)15(18)19/h4-7,15,18H,3H2,1-2H3,(H2,13,17)(H,14,16). The lowest BCUT2D eigenvalue weighted by atomic mass is 9.97. The normalized spacial score (nSPS) is 15.4. The maximum absolute atomic E-state index is 11.9. The molecular formula is C12H17N3O4. The molecule has 2 amide bonds. The number of nitrogens with one attached hydrogen (secondary N) is 2. The summed E-state index contributed by atoms with van der Waals surface area (Å²) < 4.78 is 0. The van der Waals surface area contributed by atoms with Crippen molar-refractivity contribution < 1.29 is 20.0 Å². The second-order valence-corrected chi connectivity index (χ2v) is 4.39. The number of benzene rings is 1. The quantitative estimate of drug-likeness (QED) is 0.536. The minimum absolute atomic E-state index is 0.0877. The van der Waals surface area contributed by atoms with Crippen molar-refractivity contribution in [3.05, 3.63) is 35.0 Å². The molecule has 104 valence electrons. The summed E-state index contributed by atoms with van der Waals surface area (Å²) in [5, 5.41) is 20.9. The number of carbonyl (C=O) groups is 2. The predicted octanol–water partition coefficient (Wildman–Crippen LogP) is -0.526. The van der Waals surface area contributed by atoms with E-state index in [1.54, 1.807) is 13.8 Å². The number of hydrogen-bond acceptors (Lipinski definition) is 4. The van der Waals surface area contributed by atoms with Crippen LogP contribution in [0.15, 0.2) is 24.3 Å². The fourth-order valence-corrected chi connectivity index (χ4v) is 1.41. The molecule has 0 saturated heterocycles. The van der Waals surface area contributed by atoms with Gasteiger partial charge in [-0.15, -0.1) is 0 Å². The van der Waals surface area contributed by atoms with Gasteiger partial charge in [-0.2, -0.15) is 5.23 Å². The van der Waals surface area contributed by atoms with Crippen molar-refractivity contribution in [3.63, 3.8) is 0 Å². The number of primary amides is 1. The van der Waals surface area contributed by atoms with Gasteiger partial charge in [0.05, 0.1) is 0 Å². The van der Waals surface area contributed by atoms with Crippen molar-refractivity contribution in [1.82, 2.24) is 5.32 Å². The van der Waals surface area contributed by atoms with Gasteiger partial charge in [0.1, 0.15) is 5.54 Å². The van der Waals surface area contributed by atoms with Crippen molar-refractivity contribution in [2.45, 2.75) is 25.8 Å². The molecule has 2 unspecified atom stereocenters. The van der Waals surface area contributed by atoms with Crippen molar-refractivity contribution in [2.75, 3.05) is 0 Å². The lowest BCUT2D eigenvalue weighted by molar-refractivity contribution is -0.991. The van der Waals surface area contributed by atoms with E-state index in [1.807, 2.05) is 0 Å². The molecule has 5 N–H and O–H groups in total. The van der Waals surface area contributed by atoms with E-state index >= 15 is 0 Å². The fourth-order valence-electron chi connectivity index (χ4n) is 1.41. The number of carbonyl (C=O) groups excluding carboxylic acids is 2. The molecule has 0 saturated carbocycles. The molecule has 0 bridgehead atoms. The van der Waals surface area contributed by atoms with E-state index in [-0.39, 0.29) is 11.3 Å². The second kappa shape index (κ2) is 5.79. The van der Waals surface area contributed by atoms with Crippen LogP contribution in [0.1, 0.15) is 30.6 Å². The molecule has 0 fully saturated rings. The van der Waals surface area contributed by atoms with Crippen molar-refractivity contribution in [1.29, 1.82) is 0 Å². The third kappa shape index (κ3) is 3.50. The highest BCUT2D eigenvalue weighted by Gasteiger charge is 2.31. The third-order valence-corrected chi connectivity index (χ3v) is 3.03. The van der Waals surface area contributed by atoms with Crippen LogP contribution in [-0.2, 0) is 4.79 Å². The van der Waals surface area contributed by atoms with E-state index in [1.165, 1.54) is 24.3 Å². The molecule has 7 heteroatoms. The zero-order chi connectivity index (χ0) is 14.6. The van der Waals surface area contributed by atoms with Crippen molar-refractivity contribution >= 4 is 17.5 Å². The molecular weight excluding hydrogens is 250 g/mol. The SMILES string of the molecule is CCC(C)(NC(=O)c1ccc([NH+]([O-])O)cc1)C(N)=O. The van der Waals surface area contributed by atoms with Gasteiger partial charge in [0.15, 0.2) is 5.69 Å². The number of quaternary nitrogens is 1. The molecule has 1 rings (SSSR count). The van der Waals surface area contributed by atoms with E-state index in [2.05, 4.69) is 5.32 Å². The lowest BCUT2D eigenvalue weighted by Crippen LogP contribution is -2.99. The largest absolute Gasteiger partial charge is 0.595 e. The summed E-state index contributed by atoms with van der Waals surface area (Å²) in [7, 11) is 0. The van der Waals surface area contributed by atoms with Gasteiger partial charge < -0.3 is 16.3 Å². The van der Waals surface area contributed by atoms with Crippen LogP contribution in [0.4, 0.5) is 5.69 Å². The molecule has 0 aliphatic carbocycles. The Morgan fingerprint density at radius 2 is 1.95 bits per heavy atom. The maximum Gasteiger partial charge on any atom is 0.252 e. The number of rotatable bonds is 5. The highest BCUT2D eigenvalue weighted by Crippen LogP contribution is 2.11.